The summed E-state index contributed by atoms with van der Waals surface area (Å²) in [6.45, 7) is -0.0486. The Morgan fingerprint density at radius 2 is 1.60 bits per heavy atom. The molecule has 0 spiro atoms. The Morgan fingerprint density at radius 3 is 2.10 bits per heavy atom. The molecule has 1 atom stereocenters. The van der Waals surface area contributed by atoms with Crippen LogP contribution in [0.1, 0.15) is 0 Å². The minimum absolute atomic E-state index is 0.0486. The van der Waals surface area contributed by atoms with Gasteiger partial charge in [-0.15, -0.1) is 0 Å². The molecule has 0 aromatic heterocycles. The summed E-state index contributed by atoms with van der Waals surface area (Å²) < 4.78 is 6.36. The van der Waals surface area contributed by atoms with Gasteiger partial charge in [-0.3, -0.25) is 4.79 Å². The molecule has 0 aliphatic heterocycles. The van der Waals surface area contributed by atoms with Crippen LogP contribution in [0.3, 0.4) is 0 Å². The number of carboxylic acids is 1. The summed E-state index contributed by atoms with van der Waals surface area (Å²) in [7, 11) is 0. The van der Waals surface area contributed by atoms with Gasteiger partial charge in [0, 0.05) is 4.47 Å². The van der Waals surface area contributed by atoms with Crippen LogP contribution in [-0.2, 0) is 4.79 Å². The molecule has 0 saturated carbocycles. The van der Waals surface area contributed by atoms with Crippen LogP contribution in [0.25, 0.3) is 11.1 Å². The number of hydrogen-bond acceptors (Lipinski definition) is 3. The number of ether oxygens (including phenoxy) is 1. The smallest absolute Gasteiger partial charge is 0.324 e. The summed E-state index contributed by atoms with van der Waals surface area (Å²) in [6.07, 6.45) is 0. The molecule has 2 aromatic rings. The number of carboxylic acid groups (broad SMARTS) is 1. The second kappa shape index (κ2) is 6.54. The minimum Gasteiger partial charge on any atom is -0.491 e. The molecule has 2 aromatic carbocycles. The Kier molecular flexibility index (Phi) is 4.76. The molecule has 4 nitrogen and oxygen atoms in total. The molecule has 1 unspecified atom stereocenters. The molecular formula is C15H14BrNO3. The molecule has 0 heterocycles. The lowest BCUT2D eigenvalue weighted by Gasteiger charge is -2.10. The molecule has 5 heteroatoms. The van der Waals surface area contributed by atoms with Crippen LogP contribution in [-0.4, -0.2) is 23.7 Å². The second-order valence-electron chi connectivity index (χ2n) is 4.29. The van der Waals surface area contributed by atoms with E-state index in [-0.39, 0.29) is 6.61 Å². The Labute approximate surface area is 125 Å². The average molecular weight is 336 g/mol. The summed E-state index contributed by atoms with van der Waals surface area (Å²) in [6, 6.07) is 14.4. The van der Waals surface area contributed by atoms with E-state index in [4.69, 9.17) is 15.6 Å². The van der Waals surface area contributed by atoms with E-state index in [9.17, 15) is 4.79 Å². The first-order chi connectivity index (χ1) is 9.56. The number of rotatable bonds is 5. The van der Waals surface area contributed by atoms with E-state index in [2.05, 4.69) is 15.9 Å². The lowest BCUT2D eigenvalue weighted by Crippen LogP contribution is -2.36. The van der Waals surface area contributed by atoms with E-state index < -0.39 is 12.0 Å². The largest absolute Gasteiger partial charge is 0.491 e. The van der Waals surface area contributed by atoms with E-state index >= 15 is 0 Å². The standard InChI is InChI=1S/C15H14BrNO3/c16-12-5-1-10(2-6-12)11-3-7-13(8-4-11)20-9-14(17)15(18)19/h1-8,14H,9,17H2,(H,18,19). The van der Waals surface area contributed by atoms with Crippen LogP contribution in [0.4, 0.5) is 0 Å². The van der Waals surface area contributed by atoms with Gasteiger partial charge in [-0.25, -0.2) is 0 Å². The van der Waals surface area contributed by atoms with Gasteiger partial charge in [0.05, 0.1) is 0 Å². The highest BCUT2D eigenvalue weighted by molar-refractivity contribution is 9.10. The van der Waals surface area contributed by atoms with Crippen molar-refractivity contribution >= 4 is 21.9 Å². The lowest BCUT2D eigenvalue weighted by molar-refractivity contribution is -0.139. The van der Waals surface area contributed by atoms with Crippen molar-refractivity contribution in [1.82, 2.24) is 0 Å². The molecule has 0 aliphatic rings. The molecule has 20 heavy (non-hydrogen) atoms. The average Bonchev–Trinajstić information content (AvgIpc) is 2.46. The number of carbonyl (C=O) groups is 1. The first kappa shape index (κ1) is 14.6. The van der Waals surface area contributed by atoms with Gasteiger partial charge < -0.3 is 15.6 Å². The Hall–Kier alpha value is -1.85. The third-order valence-corrected chi connectivity index (χ3v) is 3.31. The maximum atomic E-state index is 10.6. The van der Waals surface area contributed by atoms with E-state index in [0.29, 0.717) is 5.75 Å². The highest BCUT2D eigenvalue weighted by Crippen LogP contribution is 2.24. The SMILES string of the molecule is NC(COc1ccc(-c2ccc(Br)cc2)cc1)C(=O)O. The number of hydrogen-bond donors (Lipinski definition) is 2. The van der Waals surface area contributed by atoms with Gasteiger partial charge in [0.1, 0.15) is 18.4 Å². The van der Waals surface area contributed by atoms with Crippen molar-refractivity contribution in [1.29, 1.82) is 0 Å². The Balaban J connectivity index is 2.03. The monoisotopic (exact) mass is 335 g/mol. The van der Waals surface area contributed by atoms with Crippen LogP contribution in [0.5, 0.6) is 5.75 Å². The van der Waals surface area contributed by atoms with Crippen molar-refractivity contribution in [3.63, 3.8) is 0 Å². The number of nitrogens with two attached hydrogens (primary N) is 1. The maximum Gasteiger partial charge on any atom is 0.324 e. The highest BCUT2D eigenvalue weighted by atomic mass is 79.9. The van der Waals surface area contributed by atoms with Gasteiger partial charge in [0.15, 0.2) is 0 Å². The fraction of sp³-hybridized carbons (Fsp3) is 0.133. The quantitative estimate of drug-likeness (QED) is 0.881. The summed E-state index contributed by atoms with van der Waals surface area (Å²) in [5.74, 6) is -0.473. The fourth-order valence-corrected chi connectivity index (χ4v) is 1.91. The van der Waals surface area contributed by atoms with Crippen LogP contribution in [0.2, 0.25) is 0 Å². The molecule has 0 saturated heterocycles. The normalized spacial score (nSPS) is 11.9. The third-order valence-electron chi connectivity index (χ3n) is 2.78. The summed E-state index contributed by atoms with van der Waals surface area (Å²) >= 11 is 3.40. The van der Waals surface area contributed by atoms with Gasteiger partial charge >= 0.3 is 5.97 Å². The lowest BCUT2D eigenvalue weighted by atomic mass is 10.1. The zero-order valence-electron chi connectivity index (χ0n) is 10.6. The number of benzene rings is 2. The molecule has 0 radical (unpaired) electrons. The van der Waals surface area contributed by atoms with Gasteiger partial charge in [-0.05, 0) is 35.4 Å². The van der Waals surface area contributed by atoms with E-state index in [1.807, 2.05) is 36.4 Å². The van der Waals surface area contributed by atoms with Crippen molar-refractivity contribution in [2.45, 2.75) is 6.04 Å². The summed E-state index contributed by atoms with van der Waals surface area (Å²) in [4.78, 5) is 10.6. The molecule has 0 amide bonds. The minimum atomic E-state index is -1.07. The number of aliphatic carboxylic acids is 1. The summed E-state index contributed by atoms with van der Waals surface area (Å²) in [5, 5.41) is 8.67. The fourth-order valence-electron chi connectivity index (χ4n) is 1.64. The first-order valence-corrected chi connectivity index (χ1v) is 6.83. The zero-order valence-corrected chi connectivity index (χ0v) is 12.2. The van der Waals surface area contributed by atoms with Gasteiger partial charge in [0.25, 0.3) is 0 Å². The van der Waals surface area contributed by atoms with Crippen LogP contribution >= 0.6 is 15.9 Å². The molecule has 0 aliphatic carbocycles. The van der Waals surface area contributed by atoms with Crippen molar-refractivity contribution in [2.75, 3.05) is 6.61 Å². The molecule has 104 valence electrons. The Bertz CT molecular complexity index is 581. The van der Waals surface area contributed by atoms with Crippen LogP contribution in [0, 0.1) is 0 Å². The van der Waals surface area contributed by atoms with E-state index in [1.165, 1.54) is 0 Å². The molecule has 0 bridgehead atoms. The van der Waals surface area contributed by atoms with Crippen molar-refractivity contribution in [3.8, 4) is 16.9 Å². The predicted molar refractivity (Wildman–Crippen MR) is 80.7 cm³/mol. The van der Waals surface area contributed by atoms with Gasteiger partial charge in [0.2, 0.25) is 0 Å². The maximum absolute atomic E-state index is 10.6. The molecule has 2 rings (SSSR count). The Morgan fingerprint density at radius 1 is 1.10 bits per heavy atom. The van der Waals surface area contributed by atoms with Crippen LogP contribution in [0.15, 0.2) is 53.0 Å². The van der Waals surface area contributed by atoms with Crippen molar-refractivity contribution in [2.24, 2.45) is 5.73 Å². The van der Waals surface area contributed by atoms with Crippen LogP contribution < -0.4 is 10.5 Å². The molecule has 3 N–H and O–H groups in total. The highest BCUT2D eigenvalue weighted by Gasteiger charge is 2.11. The topological polar surface area (TPSA) is 72.5 Å². The second-order valence-corrected chi connectivity index (χ2v) is 5.20. The van der Waals surface area contributed by atoms with E-state index in [0.717, 1.165) is 15.6 Å². The third kappa shape index (κ3) is 3.82. The van der Waals surface area contributed by atoms with E-state index in [1.54, 1.807) is 12.1 Å². The summed E-state index contributed by atoms with van der Waals surface area (Å²) in [5.41, 5.74) is 7.53. The van der Waals surface area contributed by atoms with Crippen molar-refractivity contribution in [3.05, 3.63) is 53.0 Å². The number of halogens is 1. The predicted octanol–water partition coefficient (Wildman–Crippen LogP) is 2.91. The molecular weight excluding hydrogens is 322 g/mol. The van der Waals surface area contributed by atoms with Crippen molar-refractivity contribution < 1.29 is 14.6 Å². The first-order valence-electron chi connectivity index (χ1n) is 6.03. The molecule has 0 fully saturated rings. The zero-order chi connectivity index (χ0) is 14.5. The van der Waals surface area contributed by atoms with Gasteiger partial charge in [-0.2, -0.15) is 0 Å². The van der Waals surface area contributed by atoms with Gasteiger partial charge in [-0.1, -0.05) is 40.2 Å².